The molecular weight excluding hydrogens is 315 g/mol. The topological polar surface area (TPSA) is 26.0 Å². The van der Waals surface area contributed by atoms with Crippen molar-refractivity contribution in [1.82, 2.24) is 0 Å². The van der Waals surface area contributed by atoms with Crippen molar-refractivity contribution in [3.63, 3.8) is 0 Å². The van der Waals surface area contributed by atoms with Gasteiger partial charge in [0.25, 0.3) is 0 Å². The van der Waals surface area contributed by atoms with Crippen molar-refractivity contribution in [2.24, 2.45) is 0 Å². The summed E-state index contributed by atoms with van der Waals surface area (Å²) in [5.41, 5.74) is 1.80. The van der Waals surface area contributed by atoms with E-state index in [0.29, 0.717) is 12.1 Å². The van der Waals surface area contributed by atoms with Gasteiger partial charge < -0.3 is 5.73 Å². The van der Waals surface area contributed by atoms with Crippen LogP contribution in [0.15, 0.2) is 36.4 Å². The molecule has 0 saturated heterocycles. The molecule has 0 aliphatic heterocycles. The van der Waals surface area contributed by atoms with Crippen LogP contribution in [0, 0.1) is 5.82 Å². The van der Waals surface area contributed by atoms with Gasteiger partial charge in [0.1, 0.15) is 5.82 Å². The van der Waals surface area contributed by atoms with E-state index >= 15 is 0 Å². The van der Waals surface area contributed by atoms with Crippen molar-refractivity contribution >= 4 is 5.69 Å². The van der Waals surface area contributed by atoms with Crippen LogP contribution in [-0.4, -0.2) is 0 Å². The van der Waals surface area contributed by atoms with Crippen molar-refractivity contribution in [2.45, 2.75) is 12.4 Å². The molecule has 0 aliphatic carbocycles. The minimum Gasteiger partial charge on any atom is -0.398 e. The minimum atomic E-state index is -4.95. The number of hydrogen-bond acceptors (Lipinski definition) is 1. The van der Waals surface area contributed by atoms with Crippen LogP contribution in [0.3, 0.4) is 0 Å². The zero-order chi connectivity index (χ0) is 16.7. The van der Waals surface area contributed by atoms with Gasteiger partial charge in [0.05, 0.1) is 11.1 Å². The molecule has 0 fully saturated rings. The quantitative estimate of drug-likeness (QED) is 0.572. The molecule has 0 radical (unpaired) electrons. The van der Waals surface area contributed by atoms with Gasteiger partial charge in [-0.2, -0.15) is 26.3 Å². The van der Waals surface area contributed by atoms with E-state index in [4.69, 9.17) is 5.73 Å². The lowest BCUT2D eigenvalue weighted by molar-refractivity contribution is -0.143. The molecule has 2 rings (SSSR count). The minimum absolute atomic E-state index is 0.0171. The van der Waals surface area contributed by atoms with Crippen molar-refractivity contribution in [1.29, 1.82) is 0 Å². The van der Waals surface area contributed by atoms with E-state index in [-0.39, 0.29) is 22.9 Å². The fourth-order valence-corrected chi connectivity index (χ4v) is 1.91. The third kappa shape index (κ3) is 3.32. The van der Waals surface area contributed by atoms with E-state index in [2.05, 4.69) is 0 Å². The van der Waals surface area contributed by atoms with Gasteiger partial charge in [-0.05, 0) is 42.0 Å². The largest absolute Gasteiger partial charge is 0.416 e. The molecule has 22 heavy (non-hydrogen) atoms. The van der Waals surface area contributed by atoms with Gasteiger partial charge in [-0.15, -0.1) is 0 Å². The van der Waals surface area contributed by atoms with E-state index in [1.54, 1.807) is 0 Å². The number of nitrogens with two attached hydrogens (primary N) is 1. The average molecular weight is 323 g/mol. The Morgan fingerprint density at radius 1 is 0.727 bits per heavy atom. The first-order chi connectivity index (χ1) is 9.98. The average Bonchev–Trinajstić information content (AvgIpc) is 2.36. The first kappa shape index (κ1) is 16.1. The Bertz CT molecular complexity index is 669. The molecule has 0 bridgehead atoms. The molecule has 0 amide bonds. The highest BCUT2D eigenvalue weighted by molar-refractivity contribution is 5.77. The highest BCUT2D eigenvalue weighted by Gasteiger charge is 2.37. The van der Waals surface area contributed by atoms with Crippen molar-refractivity contribution in [3.05, 3.63) is 53.3 Å². The van der Waals surface area contributed by atoms with Crippen molar-refractivity contribution in [3.8, 4) is 11.1 Å². The lowest BCUT2D eigenvalue weighted by Gasteiger charge is -2.15. The van der Waals surface area contributed by atoms with Gasteiger partial charge in [-0.25, -0.2) is 4.39 Å². The summed E-state index contributed by atoms with van der Waals surface area (Å²) in [5.74, 6) is -0.746. The van der Waals surface area contributed by atoms with Gasteiger partial charge in [0, 0.05) is 11.3 Å². The second kappa shape index (κ2) is 5.19. The lowest BCUT2D eigenvalue weighted by atomic mass is 9.98. The molecule has 0 aliphatic rings. The Morgan fingerprint density at radius 3 is 1.64 bits per heavy atom. The van der Waals surface area contributed by atoms with Gasteiger partial charge >= 0.3 is 12.4 Å². The van der Waals surface area contributed by atoms with E-state index in [1.165, 1.54) is 0 Å². The third-order valence-corrected chi connectivity index (χ3v) is 2.91. The van der Waals surface area contributed by atoms with Crippen LogP contribution in [0.2, 0.25) is 0 Å². The number of alkyl halides is 6. The Morgan fingerprint density at radius 2 is 1.23 bits per heavy atom. The SMILES string of the molecule is Nc1cc(F)ccc1-c1cc(C(F)(F)F)cc(C(F)(F)F)c1. The molecule has 0 aromatic heterocycles. The fraction of sp³-hybridized carbons (Fsp3) is 0.143. The maximum atomic E-state index is 13.0. The smallest absolute Gasteiger partial charge is 0.398 e. The third-order valence-electron chi connectivity index (χ3n) is 2.91. The maximum absolute atomic E-state index is 13.0. The maximum Gasteiger partial charge on any atom is 0.416 e. The Hall–Kier alpha value is -2.25. The van der Waals surface area contributed by atoms with Gasteiger partial charge in [-0.3, -0.25) is 0 Å². The fourth-order valence-electron chi connectivity index (χ4n) is 1.91. The number of hydrogen-bond donors (Lipinski definition) is 1. The summed E-state index contributed by atoms with van der Waals surface area (Å²) in [6.45, 7) is 0. The Kier molecular flexibility index (Phi) is 3.80. The molecule has 0 atom stereocenters. The normalized spacial score (nSPS) is 12.5. The second-order valence-electron chi connectivity index (χ2n) is 4.53. The van der Waals surface area contributed by atoms with Crippen LogP contribution < -0.4 is 5.73 Å². The highest BCUT2D eigenvalue weighted by Crippen LogP contribution is 2.39. The molecule has 2 N–H and O–H groups in total. The summed E-state index contributed by atoms with van der Waals surface area (Å²) >= 11 is 0. The van der Waals surface area contributed by atoms with Crippen LogP contribution in [-0.2, 0) is 12.4 Å². The van der Waals surface area contributed by atoms with E-state index in [1.807, 2.05) is 0 Å². The molecule has 0 heterocycles. The highest BCUT2D eigenvalue weighted by atomic mass is 19.4. The summed E-state index contributed by atoms with van der Waals surface area (Å²) < 4.78 is 89.5. The Balaban J connectivity index is 2.70. The molecule has 2 aromatic rings. The molecule has 0 unspecified atom stereocenters. The summed E-state index contributed by atoms with van der Waals surface area (Å²) in [5, 5.41) is 0. The summed E-state index contributed by atoms with van der Waals surface area (Å²) in [6, 6.07) is 3.85. The van der Waals surface area contributed by atoms with E-state index in [9.17, 15) is 30.7 Å². The molecule has 2 aromatic carbocycles. The molecule has 8 heteroatoms. The van der Waals surface area contributed by atoms with E-state index < -0.39 is 29.3 Å². The predicted molar refractivity (Wildman–Crippen MR) is 66.3 cm³/mol. The zero-order valence-electron chi connectivity index (χ0n) is 10.7. The molecule has 118 valence electrons. The number of anilines is 1. The number of benzene rings is 2. The number of halogens is 7. The molecule has 0 saturated carbocycles. The van der Waals surface area contributed by atoms with E-state index in [0.717, 1.165) is 18.2 Å². The summed E-state index contributed by atoms with van der Waals surface area (Å²) in [7, 11) is 0. The standard InChI is InChI=1S/C14H8F7N/c15-10-1-2-11(12(22)6-10)7-3-8(13(16,17)18)5-9(4-7)14(19,20)21/h1-6H,22H2. The first-order valence-corrected chi connectivity index (χ1v) is 5.83. The zero-order valence-corrected chi connectivity index (χ0v) is 10.7. The number of rotatable bonds is 1. The molecule has 1 nitrogen and oxygen atoms in total. The summed E-state index contributed by atoms with van der Waals surface area (Å²) in [6.07, 6.45) is -9.91. The van der Waals surface area contributed by atoms with Crippen LogP contribution in [0.4, 0.5) is 36.4 Å². The second-order valence-corrected chi connectivity index (χ2v) is 4.53. The van der Waals surface area contributed by atoms with Crippen LogP contribution >= 0.6 is 0 Å². The first-order valence-electron chi connectivity index (χ1n) is 5.83. The lowest BCUT2D eigenvalue weighted by Crippen LogP contribution is -2.11. The van der Waals surface area contributed by atoms with Crippen molar-refractivity contribution < 1.29 is 30.7 Å². The summed E-state index contributed by atoms with van der Waals surface area (Å²) in [4.78, 5) is 0. The predicted octanol–water partition coefficient (Wildman–Crippen LogP) is 5.11. The van der Waals surface area contributed by atoms with Gasteiger partial charge in [-0.1, -0.05) is 0 Å². The Labute approximate surface area is 120 Å². The number of nitrogen functional groups attached to an aromatic ring is 1. The van der Waals surface area contributed by atoms with Crippen LogP contribution in [0.25, 0.3) is 11.1 Å². The van der Waals surface area contributed by atoms with Gasteiger partial charge in [0.2, 0.25) is 0 Å². The van der Waals surface area contributed by atoms with Crippen molar-refractivity contribution in [2.75, 3.05) is 5.73 Å². The van der Waals surface area contributed by atoms with Crippen LogP contribution in [0.5, 0.6) is 0 Å². The molecule has 0 spiro atoms. The molecular formula is C14H8F7N. The van der Waals surface area contributed by atoms with Gasteiger partial charge in [0.15, 0.2) is 0 Å². The monoisotopic (exact) mass is 323 g/mol. The van der Waals surface area contributed by atoms with Crippen LogP contribution in [0.1, 0.15) is 11.1 Å².